The maximum Gasteiger partial charge on any atom is 0.159 e. The van der Waals surface area contributed by atoms with Crippen LogP contribution in [0.3, 0.4) is 0 Å². The second-order valence-electron chi connectivity index (χ2n) is 5.76. The molecule has 3 aromatic rings. The van der Waals surface area contributed by atoms with Crippen molar-refractivity contribution in [3.05, 3.63) is 93.5 Å². The second kappa shape index (κ2) is 8.22. The minimum absolute atomic E-state index is 0.0367. The lowest BCUT2D eigenvalue weighted by atomic mass is 10.1. The number of hydrogen-bond acceptors (Lipinski definition) is 2. The highest BCUT2D eigenvalue weighted by molar-refractivity contribution is 6.42. The van der Waals surface area contributed by atoms with Crippen molar-refractivity contribution in [2.45, 2.75) is 6.92 Å². The van der Waals surface area contributed by atoms with E-state index < -0.39 is 0 Å². The molecule has 0 N–H and O–H groups in total. The van der Waals surface area contributed by atoms with Crippen LogP contribution in [0, 0.1) is 0 Å². The molecule has 0 radical (unpaired) electrons. The van der Waals surface area contributed by atoms with Crippen LogP contribution in [-0.2, 0) is 0 Å². The zero-order valence-corrected chi connectivity index (χ0v) is 15.6. The van der Waals surface area contributed by atoms with E-state index in [1.54, 1.807) is 37.3 Å². The highest BCUT2D eigenvalue weighted by atomic mass is 35.5. The van der Waals surface area contributed by atoms with Crippen LogP contribution < -0.4 is 4.74 Å². The quantitative estimate of drug-likeness (QED) is 0.345. The van der Waals surface area contributed by atoms with Crippen molar-refractivity contribution in [2.75, 3.05) is 0 Å². The Balaban J connectivity index is 1.67. The van der Waals surface area contributed by atoms with Crippen molar-refractivity contribution >= 4 is 41.1 Å². The third-order valence-corrected chi connectivity index (χ3v) is 4.53. The summed E-state index contributed by atoms with van der Waals surface area (Å²) in [5.41, 5.74) is 2.68. The lowest BCUT2D eigenvalue weighted by Crippen LogP contribution is -1.91. The number of ketones is 1. The van der Waals surface area contributed by atoms with Gasteiger partial charge in [-0.3, -0.25) is 4.79 Å². The van der Waals surface area contributed by atoms with E-state index in [1.165, 1.54) is 0 Å². The first-order valence-electron chi connectivity index (χ1n) is 8.03. The van der Waals surface area contributed by atoms with Gasteiger partial charge >= 0.3 is 0 Å². The molecule has 0 amide bonds. The molecule has 0 bridgehead atoms. The number of Topliss-reactive ketones (excluding diaryl/α,β-unsaturated/α-hetero) is 1. The summed E-state index contributed by atoms with van der Waals surface area (Å²) >= 11 is 11.9. The molecular formula is C22H16Cl2O2. The molecule has 0 fully saturated rings. The van der Waals surface area contributed by atoms with Gasteiger partial charge in [-0.15, -0.1) is 0 Å². The summed E-state index contributed by atoms with van der Waals surface area (Å²) in [7, 11) is 0. The van der Waals surface area contributed by atoms with Crippen molar-refractivity contribution in [3.63, 3.8) is 0 Å². The van der Waals surface area contributed by atoms with Crippen LogP contribution >= 0.6 is 23.2 Å². The fraction of sp³-hybridized carbons (Fsp3) is 0.0455. The summed E-state index contributed by atoms with van der Waals surface area (Å²) in [6, 6.07) is 20.3. The Morgan fingerprint density at radius 3 is 1.88 bits per heavy atom. The largest absolute Gasteiger partial charge is 0.457 e. The van der Waals surface area contributed by atoms with Crippen LogP contribution in [0.25, 0.3) is 12.2 Å². The molecule has 130 valence electrons. The Labute approximate surface area is 162 Å². The topological polar surface area (TPSA) is 26.3 Å². The highest BCUT2D eigenvalue weighted by Gasteiger charge is 2.01. The van der Waals surface area contributed by atoms with Crippen LogP contribution in [0.5, 0.6) is 11.5 Å². The van der Waals surface area contributed by atoms with Gasteiger partial charge in [0.2, 0.25) is 0 Å². The monoisotopic (exact) mass is 382 g/mol. The van der Waals surface area contributed by atoms with Crippen LogP contribution in [0.15, 0.2) is 66.7 Å². The number of halogens is 2. The van der Waals surface area contributed by atoms with E-state index in [2.05, 4.69) is 0 Å². The van der Waals surface area contributed by atoms with Crippen LogP contribution in [0.1, 0.15) is 28.4 Å². The molecule has 0 aliphatic rings. The van der Waals surface area contributed by atoms with Crippen LogP contribution in [-0.4, -0.2) is 5.78 Å². The Kier molecular flexibility index (Phi) is 5.77. The minimum Gasteiger partial charge on any atom is -0.457 e. The smallest absolute Gasteiger partial charge is 0.159 e. The lowest BCUT2D eigenvalue weighted by molar-refractivity contribution is 0.101. The zero-order valence-electron chi connectivity index (χ0n) is 14.1. The first kappa shape index (κ1) is 18.2. The van der Waals surface area contributed by atoms with E-state index in [1.807, 2.05) is 48.6 Å². The molecule has 26 heavy (non-hydrogen) atoms. The van der Waals surface area contributed by atoms with Gasteiger partial charge in [0.1, 0.15) is 11.5 Å². The predicted molar refractivity (Wildman–Crippen MR) is 108 cm³/mol. The highest BCUT2D eigenvalue weighted by Crippen LogP contribution is 2.25. The summed E-state index contributed by atoms with van der Waals surface area (Å²) < 4.78 is 5.79. The van der Waals surface area contributed by atoms with Gasteiger partial charge in [0.25, 0.3) is 0 Å². The number of rotatable bonds is 5. The number of carbonyl (C=O) groups is 1. The van der Waals surface area contributed by atoms with Crippen molar-refractivity contribution < 1.29 is 9.53 Å². The van der Waals surface area contributed by atoms with E-state index in [0.717, 1.165) is 16.9 Å². The standard InChI is InChI=1S/C22H16Cl2O2/c1-15(25)18-7-11-20(12-8-18)26-19-9-4-16(5-10-19)2-3-17-6-13-21(23)22(24)14-17/h2-14H,1H3/b3-2-. The van der Waals surface area contributed by atoms with E-state index in [-0.39, 0.29) is 5.78 Å². The molecule has 0 saturated carbocycles. The summed E-state index contributed by atoms with van der Waals surface area (Å²) in [6.45, 7) is 1.54. The van der Waals surface area contributed by atoms with Crippen molar-refractivity contribution in [3.8, 4) is 11.5 Å². The molecular weight excluding hydrogens is 367 g/mol. The SMILES string of the molecule is CC(=O)c1ccc(Oc2ccc(/C=C\c3ccc(Cl)c(Cl)c3)cc2)cc1. The van der Waals surface area contributed by atoms with Gasteiger partial charge in [-0.05, 0) is 66.6 Å². The van der Waals surface area contributed by atoms with E-state index in [4.69, 9.17) is 27.9 Å². The fourth-order valence-corrected chi connectivity index (χ4v) is 2.66. The molecule has 0 aliphatic carbocycles. The van der Waals surface area contributed by atoms with Gasteiger partial charge in [-0.25, -0.2) is 0 Å². The fourth-order valence-electron chi connectivity index (χ4n) is 2.35. The number of carbonyl (C=O) groups excluding carboxylic acids is 1. The summed E-state index contributed by atoms with van der Waals surface area (Å²) in [5, 5.41) is 1.08. The van der Waals surface area contributed by atoms with Crippen molar-refractivity contribution in [2.24, 2.45) is 0 Å². The molecule has 0 aromatic heterocycles. The average Bonchev–Trinajstić information content (AvgIpc) is 2.64. The Hall–Kier alpha value is -2.55. The minimum atomic E-state index is 0.0367. The van der Waals surface area contributed by atoms with Gasteiger partial charge in [-0.2, -0.15) is 0 Å². The van der Waals surface area contributed by atoms with Gasteiger partial charge in [0.15, 0.2) is 5.78 Å². The summed E-state index contributed by atoms with van der Waals surface area (Å²) in [4.78, 5) is 11.3. The average molecular weight is 383 g/mol. The predicted octanol–water partition coefficient (Wildman–Crippen LogP) is 7.16. The number of hydrogen-bond donors (Lipinski definition) is 0. The first-order valence-corrected chi connectivity index (χ1v) is 8.79. The van der Waals surface area contributed by atoms with Crippen LogP contribution in [0.4, 0.5) is 0 Å². The van der Waals surface area contributed by atoms with E-state index in [0.29, 0.717) is 21.4 Å². The van der Waals surface area contributed by atoms with Gasteiger partial charge in [0, 0.05) is 5.56 Å². The molecule has 0 unspecified atom stereocenters. The van der Waals surface area contributed by atoms with Crippen LogP contribution in [0.2, 0.25) is 10.0 Å². The first-order chi connectivity index (χ1) is 12.5. The second-order valence-corrected chi connectivity index (χ2v) is 6.57. The maximum absolute atomic E-state index is 11.3. The Morgan fingerprint density at radius 1 is 0.769 bits per heavy atom. The summed E-state index contributed by atoms with van der Waals surface area (Å²) in [6.07, 6.45) is 3.96. The van der Waals surface area contributed by atoms with Gasteiger partial charge in [0.05, 0.1) is 10.0 Å². The summed E-state index contributed by atoms with van der Waals surface area (Å²) in [5.74, 6) is 1.45. The molecule has 3 aromatic carbocycles. The number of ether oxygens (including phenoxy) is 1. The van der Waals surface area contributed by atoms with Crippen molar-refractivity contribution in [1.82, 2.24) is 0 Å². The molecule has 0 atom stereocenters. The third-order valence-electron chi connectivity index (χ3n) is 3.79. The normalized spacial score (nSPS) is 10.9. The molecule has 4 heteroatoms. The molecule has 0 saturated heterocycles. The number of benzene rings is 3. The Morgan fingerprint density at radius 2 is 1.31 bits per heavy atom. The zero-order chi connectivity index (χ0) is 18.5. The Bertz CT molecular complexity index is 943. The molecule has 0 spiro atoms. The molecule has 2 nitrogen and oxygen atoms in total. The molecule has 0 aliphatic heterocycles. The van der Waals surface area contributed by atoms with Gasteiger partial charge < -0.3 is 4.74 Å². The van der Waals surface area contributed by atoms with Crippen molar-refractivity contribution in [1.29, 1.82) is 0 Å². The van der Waals surface area contributed by atoms with E-state index >= 15 is 0 Å². The van der Waals surface area contributed by atoms with E-state index in [9.17, 15) is 4.79 Å². The molecule has 3 rings (SSSR count). The molecule has 0 heterocycles. The van der Waals surface area contributed by atoms with Gasteiger partial charge in [-0.1, -0.05) is 53.6 Å². The third kappa shape index (κ3) is 4.75. The lowest BCUT2D eigenvalue weighted by Gasteiger charge is -2.06. The maximum atomic E-state index is 11.3.